The predicted octanol–water partition coefficient (Wildman–Crippen LogP) is 3.84. The van der Waals surface area contributed by atoms with Crippen molar-refractivity contribution in [1.82, 2.24) is 0 Å². The van der Waals surface area contributed by atoms with Crippen molar-refractivity contribution in [3.05, 3.63) is 55.6 Å². The van der Waals surface area contributed by atoms with Crippen molar-refractivity contribution < 1.29 is 4.79 Å². The van der Waals surface area contributed by atoms with Crippen LogP contribution in [0.1, 0.15) is 15.9 Å². The second kappa shape index (κ2) is 5.37. The van der Waals surface area contributed by atoms with Crippen LogP contribution < -0.4 is 10.6 Å². The number of hydrogen-bond acceptors (Lipinski definition) is 2. The van der Waals surface area contributed by atoms with Gasteiger partial charge in [-0.2, -0.15) is 0 Å². The minimum Gasteiger partial charge on any atom is -0.397 e. The number of nitrogen functional groups attached to an aromatic ring is 1. The van der Waals surface area contributed by atoms with E-state index in [0.717, 1.165) is 25.7 Å². The van der Waals surface area contributed by atoms with Crippen LogP contribution in [0.15, 0.2) is 40.9 Å². The Bertz CT molecular complexity index is 702. The van der Waals surface area contributed by atoms with Gasteiger partial charge < -0.3 is 10.6 Å². The van der Waals surface area contributed by atoms with Crippen molar-refractivity contribution >= 4 is 55.8 Å². The molecule has 0 unspecified atom stereocenters. The molecule has 0 aliphatic carbocycles. The molecule has 1 aliphatic heterocycles. The Morgan fingerprint density at radius 3 is 2.90 bits per heavy atom. The lowest BCUT2D eigenvalue weighted by molar-refractivity contribution is 0.0988. The number of nitrogens with zero attached hydrogens (tertiary/aromatic N) is 1. The minimum absolute atomic E-state index is 0.00737. The first-order valence-corrected chi connectivity index (χ1v) is 8.09. The van der Waals surface area contributed by atoms with Crippen molar-refractivity contribution in [3.63, 3.8) is 0 Å². The number of anilines is 2. The maximum Gasteiger partial charge on any atom is 0.259 e. The maximum atomic E-state index is 12.8. The van der Waals surface area contributed by atoms with Crippen molar-refractivity contribution in [2.24, 2.45) is 0 Å². The van der Waals surface area contributed by atoms with Gasteiger partial charge in [-0.3, -0.25) is 4.79 Å². The molecule has 1 amide bonds. The van der Waals surface area contributed by atoms with Crippen LogP contribution in [0.4, 0.5) is 11.4 Å². The molecule has 102 valence electrons. The smallest absolute Gasteiger partial charge is 0.259 e. The van der Waals surface area contributed by atoms with Crippen LogP contribution >= 0.6 is 38.5 Å². The fourth-order valence-corrected chi connectivity index (χ4v) is 3.40. The van der Waals surface area contributed by atoms with Gasteiger partial charge >= 0.3 is 0 Å². The number of carbonyl (C=O) groups is 1. The monoisotopic (exact) mass is 442 g/mol. The van der Waals surface area contributed by atoms with Crippen LogP contribution in [-0.4, -0.2) is 12.5 Å². The zero-order chi connectivity index (χ0) is 14.3. The van der Waals surface area contributed by atoms with Gasteiger partial charge in [-0.05, 0) is 74.8 Å². The first-order chi connectivity index (χ1) is 9.58. The molecule has 2 aromatic rings. The number of hydrogen-bond donors (Lipinski definition) is 1. The molecule has 0 radical (unpaired) electrons. The zero-order valence-corrected chi connectivity index (χ0v) is 14.3. The largest absolute Gasteiger partial charge is 0.397 e. The number of carbonyl (C=O) groups excluding carboxylic acids is 1. The molecule has 0 atom stereocenters. The normalized spacial score (nSPS) is 13.4. The number of amides is 1. The number of fused-ring (bicyclic) bond motifs is 1. The van der Waals surface area contributed by atoms with Crippen LogP contribution in [0.2, 0.25) is 0 Å². The van der Waals surface area contributed by atoms with E-state index in [1.54, 1.807) is 4.90 Å². The highest BCUT2D eigenvalue weighted by molar-refractivity contribution is 14.1. The molecule has 2 aromatic carbocycles. The quantitative estimate of drug-likeness (QED) is 0.538. The third kappa shape index (κ3) is 2.33. The van der Waals surface area contributed by atoms with Gasteiger partial charge in [0, 0.05) is 14.6 Å². The summed E-state index contributed by atoms with van der Waals surface area (Å²) in [7, 11) is 0. The van der Waals surface area contributed by atoms with Gasteiger partial charge in [0.25, 0.3) is 5.91 Å². The molecule has 0 aromatic heterocycles. The van der Waals surface area contributed by atoms with E-state index in [1.165, 1.54) is 0 Å². The van der Waals surface area contributed by atoms with Crippen molar-refractivity contribution in [2.75, 3.05) is 17.2 Å². The SMILES string of the molecule is Nc1cccc2c1N(C(=O)c1cc(I)ccc1Br)CC2. The third-order valence-corrected chi connectivity index (χ3v) is 4.79. The van der Waals surface area contributed by atoms with Crippen LogP contribution in [0.25, 0.3) is 0 Å². The molecule has 5 heteroatoms. The fraction of sp³-hybridized carbons (Fsp3) is 0.133. The Balaban J connectivity index is 2.04. The Labute approximate surface area is 139 Å². The molecule has 0 spiro atoms. The first-order valence-electron chi connectivity index (χ1n) is 6.22. The lowest BCUT2D eigenvalue weighted by atomic mass is 10.1. The van der Waals surface area contributed by atoms with Gasteiger partial charge in [0.05, 0.1) is 16.9 Å². The second-order valence-electron chi connectivity index (χ2n) is 4.69. The van der Waals surface area contributed by atoms with E-state index in [-0.39, 0.29) is 5.91 Å². The van der Waals surface area contributed by atoms with E-state index in [1.807, 2.05) is 36.4 Å². The summed E-state index contributed by atoms with van der Waals surface area (Å²) in [6, 6.07) is 11.6. The summed E-state index contributed by atoms with van der Waals surface area (Å²) in [6.07, 6.45) is 0.855. The summed E-state index contributed by atoms with van der Waals surface area (Å²) in [4.78, 5) is 14.6. The Morgan fingerprint density at radius 1 is 1.30 bits per heavy atom. The molecule has 3 rings (SSSR count). The van der Waals surface area contributed by atoms with E-state index in [9.17, 15) is 4.79 Å². The Kier molecular flexibility index (Phi) is 3.72. The van der Waals surface area contributed by atoms with Crippen LogP contribution in [0, 0.1) is 3.57 Å². The number of benzene rings is 2. The summed E-state index contributed by atoms with van der Waals surface area (Å²) in [5, 5.41) is 0. The molecular weight excluding hydrogens is 431 g/mol. The van der Waals surface area contributed by atoms with Crippen LogP contribution in [-0.2, 0) is 6.42 Å². The molecule has 1 aliphatic rings. The molecule has 1 heterocycles. The summed E-state index contributed by atoms with van der Waals surface area (Å²) < 4.78 is 1.85. The topological polar surface area (TPSA) is 46.3 Å². The summed E-state index contributed by atoms with van der Waals surface area (Å²) in [6.45, 7) is 0.681. The molecule has 0 saturated heterocycles. The standard InChI is InChI=1S/C15H12BrIN2O/c16-12-5-4-10(17)8-11(12)15(20)19-7-6-9-2-1-3-13(18)14(9)19/h1-5,8H,6-7,18H2. The summed E-state index contributed by atoms with van der Waals surface area (Å²) in [5.74, 6) is -0.00737. The van der Waals surface area contributed by atoms with Gasteiger partial charge in [0.2, 0.25) is 0 Å². The molecule has 2 N–H and O–H groups in total. The average Bonchev–Trinajstić information content (AvgIpc) is 2.86. The molecular formula is C15H12BrIN2O. The summed E-state index contributed by atoms with van der Waals surface area (Å²) in [5.41, 5.74) is 9.38. The third-order valence-electron chi connectivity index (χ3n) is 3.43. The second-order valence-corrected chi connectivity index (χ2v) is 6.79. The number of nitrogens with two attached hydrogens (primary N) is 1. The van der Waals surface area contributed by atoms with Gasteiger partial charge in [0.15, 0.2) is 0 Å². The van der Waals surface area contributed by atoms with E-state index >= 15 is 0 Å². The highest BCUT2D eigenvalue weighted by Gasteiger charge is 2.28. The van der Waals surface area contributed by atoms with Gasteiger partial charge in [0.1, 0.15) is 0 Å². The Morgan fingerprint density at radius 2 is 2.10 bits per heavy atom. The van der Waals surface area contributed by atoms with E-state index in [2.05, 4.69) is 38.5 Å². The summed E-state index contributed by atoms with van der Waals surface area (Å²) >= 11 is 5.66. The highest BCUT2D eigenvalue weighted by atomic mass is 127. The molecule has 20 heavy (non-hydrogen) atoms. The molecule has 3 nitrogen and oxygen atoms in total. The van der Waals surface area contributed by atoms with Gasteiger partial charge in [-0.15, -0.1) is 0 Å². The average molecular weight is 443 g/mol. The Hall–Kier alpha value is -1.08. The van der Waals surface area contributed by atoms with Crippen molar-refractivity contribution in [3.8, 4) is 0 Å². The fourth-order valence-electron chi connectivity index (χ4n) is 2.50. The van der Waals surface area contributed by atoms with Gasteiger partial charge in [-0.1, -0.05) is 12.1 Å². The number of halogens is 2. The first kappa shape index (κ1) is 13.9. The predicted molar refractivity (Wildman–Crippen MR) is 93.1 cm³/mol. The highest BCUT2D eigenvalue weighted by Crippen LogP contribution is 2.35. The van der Waals surface area contributed by atoms with Crippen molar-refractivity contribution in [2.45, 2.75) is 6.42 Å². The lowest BCUT2D eigenvalue weighted by Crippen LogP contribution is -2.29. The number of para-hydroxylation sites is 1. The maximum absolute atomic E-state index is 12.8. The number of rotatable bonds is 1. The van der Waals surface area contributed by atoms with Gasteiger partial charge in [-0.25, -0.2) is 0 Å². The van der Waals surface area contributed by atoms with Crippen molar-refractivity contribution in [1.29, 1.82) is 0 Å². The van der Waals surface area contributed by atoms with E-state index in [0.29, 0.717) is 17.8 Å². The van der Waals surface area contributed by atoms with Crippen LogP contribution in [0.3, 0.4) is 0 Å². The van der Waals surface area contributed by atoms with Crippen LogP contribution in [0.5, 0.6) is 0 Å². The molecule has 0 bridgehead atoms. The molecule has 0 saturated carbocycles. The van der Waals surface area contributed by atoms with E-state index < -0.39 is 0 Å². The lowest BCUT2D eigenvalue weighted by Gasteiger charge is -2.19. The van der Waals surface area contributed by atoms with E-state index in [4.69, 9.17) is 5.73 Å². The molecule has 0 fully saturated rings. The minimum atomic E-state index is -0.00737. The zero-order valence-electron chi connectivity index (χ0n) is 10.6.